The Bertz CT molecular complexity index is 596. The van der Waals surface area contributed by atoms with E-state index in [1.165, 1.54) is 0 Å². The van der Waals surface area contributed by atoms with E-state index in [1.807, 2.05) is 0 Å². The number of aldehydes is 1. The van der Waals surface area contributed by atoms with Gasteiger partial charge in [0, 0.05) is 5.56 Å². The van der Waals surface area contributed by atoms with Gasteiger partial charge in [-0.1, -0.05) is 5.92 Å². The molecule has 0 fully saturated rings. The van der Waals surface area contributed by atoms with Crippen LogP contribution in [0, 0.1) is 11.8 Å². The van der Waals surface area contributed by atoms with Gasteiger partial charge in [-0.3, -0.25) is 4.79 Å². The minimum Gasteiger partial charge on any atom is -0.306 e. The molecule has 4 nitrogen and oxygen atoms in total. The number of aromatic nitrogens is 2. The van der Waals surface area contributed by atoms with Gasteiger partial charge in [0.15, 0.2) is 6.29 Å². The number of hydrogen-bond donors (Lipinski definition) is 2. The average Bonchev–Trinajstić information content (AvgIpc) is 2.54. The van der Waals surface area contributed by atoms with Gasteiger partial charge in [-0.25, -0.2) is 4.79 Å². The maximum atomic E-state index is 10.9. The van der Waals surface area contributed by atoms with Gasteiger partial charge >= 0.3 is 5.69 Å². The molecule has 1 heterocycles. The van der Waals surface area contributed by atoms with Crippen molar-refractivity contribution in [3.63, 3.8) is 0 Å². The van der Waals surface area contributed by atoms with Crippen LogP contribution in [0.2, 0.25) is 0 Å². The Hall–Kier alpha value is -2.28. The number of carbonyl (C=O) groups is 1. The molecule has 0 saturated heterocycles. The molecule has 0 bridgehead atoms. The molecule has 0 aliphatic rings. The predicted molar refractivity (Wildman–Crippen MR) is 51.9 cm³/mol. The van der Waals surface area contributed by atoms with Crippen molar-refractivity contribution >= 4 is 17.3 Å². The zero-order valence-electron chi connectivity index (χ0n) is 7.13. The maximum absolute atomic E-state index is 10.9. The minimum absolute atomic E-state index is 0.250. The molecular weight excluding hydrogens is 180 g/mol. The van der Waals surface area contributed by atoms with E-state index in [2.05, 4.69) is 21.8 Å². The van der Waals surface area contributed by atoms with Crippen molar-refractivity contribution in [2.45, 2.75) is 0 Å². The fourth-order valence-corrected chi connectivity index (χ4v) is 1.22. The number of nitrogens with one attached hydrogen (secondary N) is 2. The van der Waals surface area contributed by atoms with E-state index in [0.29, 0.717) is 17.4 Å². The summed E-state index contributed by atoms with van der Waals surface area (Å²) < 4.78 is 0. The second-order valence-electron chi connectivity index (χ2n) is 2.73. The molecule has 2 rings (SSSR count). The van der Waals surface area contributed by atoms with Gasteiger partial charge in [0.05, 0.1) is 11.0 Å². The lowest BCUT2D eigenvalue weighted by molar-refractivity contribution is -0.103. The topological polar surface area (TPSA) is 65.7 Å². The third kappa shape index (κ3) is 1.43. The number of aromatic amines is 2. The van der Waals surface area contributed by atoms with Gasteiger partial charge in [-0.2, -0.15) is 0 Å². The zero-order chi connectivity index (χ0) is 9.97. The van der Waals surface area contributed by atoms with Crippen molar-refractivity contribution in [1.82, 2.24) is 9.97 Å². The molecule has 0 aliphatic carbocycles. The first kappa shape index (κ1) is 8.32. The minimum atomic E-state index is -0.250. The Balaban J connectivity index is 2.61. The molecule has 0 saturated carbocycles. The first-order valence-corrected chi connectivity index (χ1v) is 3.97. The molecule has 0 amide bonds. The number of carbonyl (C=O) groups excluding carboxylic acids is 1. The molecule has 0 atom stereocenters. The second-order valence-corrected chi connectivity index (χ2v) is 2.73. The molecule has 0 radical (unpaired) electrons. The highest BCUT2D eigenvalue weighted by Crippen LogP contribution is 2.08. The SMILES string of the molecule is O=CC#Cc1ccc2[nH]c(=O)[nH]c2c1. The van der Waals surface area contributed by atoms with Gasteiger partial charge in [-0.05, 0) is 24.1 Å². The van der Waals surface area contributed by atoms with Crippen molar-refractivity contribution in [2.75, 3.05) is 0 Å². The summed E-state index contributed by atoms with van der Waals surface area (Å²) in [5.74, 6) is 4.94. The Morgan fingerprint density at radius 2 is 2.00 bits per heavy atom. The zero-order valence-corrected chi connectivity index (χ0v) is 7.13. The normalized spacial score (nSPS) is 9.43. The molecule has 0 aliphatic heterocycles. The summed E-state index contributed by atoms with van der Waals surface area (Å²) in [6.45, 7) is 0. The summed E-state index contributed by atoms with van der Waals surface area (Å²) in [4.78, 5) is 26.1. The van der Waals surface area contributed by atoms with Crippen molar-refractivity contribution in [1.29, 1.82) is 0 Å². The monoisotopic (exact) mass is 186 g/mol. The van der Waals surface area contributed by atoms with Crippen LogP contribution in [0.15, 0.2) is 23.0 Å². The van der Waals surface area contributed by atoms with E-state index in [9.17, 15) is 9.59 Å². The summed E-state index contributed by atoms with van der Waals surface area (Å²) in [6.07, 6.45) is 0.532. The van der Waals surface area contributed by atoms with E-state index >= 15 is 0 Å². The lowest BCUT2D eigenvalue weighted by Crippen LogP contribution is -1.99. The number of fused-ring (bicyclic) bond motifs is 1. The fourth-order valence-electron chi connectivity index (χ4n) is 1.22. The summed E-state index contributed by atoms with van der Waals surface area (Å²) in [7, 11) is 0. The lowest BCUT2D eigenvalue weighted by atomic mass is 10.2. The summed E-state index contributed by atoms with van der Waals surface area (Å²) >= 11 is 0. The van der Waals surface area contributed by atoms with Crippen LogP contribution in [-0.4, -0.2) is 16.3 Å². The standard InChI is InChI=1S/C10H6N2O2/c13-5-1-2-7-3-4-8-9(6-7)12-10(14)11-8/h3-6H,(H2,11,12,14). The van der Waals surface area contributed by atoms with Crippen LogP contribution in [0.25, 0.3) is 11.0 Å². The second kappa shape index (κ2) is 3.23. The van der Waals surface area contributed by atoms with E-state index in [0.717, 1.165) is 5.52 Å². The van der Waals surface area contributed by atoms with Crippen LogP contribution in [0.1, 0.15) is 5.56 Å². The van der Waals surface area contributed by atoms with E-state index in [-0.39, 0.29) is 5.69 Å². The van der Waals surface area contributed by atoms with Crippen molar-refractivity contribution in [3.05, 3.63) is 34.2 Å². The van der Waals surface area contributed by atoms with Crippen LogP contribution in [0.5, 0.6) is 0 Å². The van der Waals surface area contributed by atoms with Crippen LogP contribution >= 0.6 is 0 Å². The highest BCUT2D eigenvalue weighted by atomic mass is 16.1. The van der Waals surface area contributed by atoms with Crippen molar-refractivity contribution in [2.24, 2.45) is 0 Å². The van der Waals surface area contributed by atoms with Crippen molar-refractivity contribution in [3.8, 4) is 11.8 Å². The van der Waals surface area contributed by atoms with Crippen LogP contribution in [-0.2, 0) is 4.79 Å². The largest absolute Gasteiger partial charge is 0.323 e. The predicted octanol–water partition coefficient (Wildman–Crippen LogP) is 0.407. The molecule has 1 aromatic heterocycles. The van der Waals surface area contributed by atoms with Gasteiger partial charge < -0.3 is 9.97 Å². The molecule has 0 unspecified atom stereocenters. The van der Waals surface area contributed by atoms with Crippen molar-refractivity contribution < 1.29 is 4.79 Å². The Labute approximate surface area is 79.0 Å². The van der Waals surface area contributed by atoms with Crippen LogP contribution < -0.4 is 5.69 Å². The molecule has 0 spiro atoms. The first-order chi connectivity index (χ1) is 6.79. The third-order valence-electron chi connectivity index (χ3n) is 1.79. The first-order valence-electron chi connectivity index (χ1n) is 3.97. The van der Waals surface area contributed by atoms with Crippen LogP contribution in [0.3, 0.4) is 0 Å². The number of imidazole rings is 1. The maximum Gasteiger partial charge on any atom is 0.323 e. The molecule has 14 heavy (non-hydrogen) atoms. The smallest absolute Gasteiger partial charge is 0.306 e. The van der Waals surface area contributed by atoms with Gasteiger partial charge in [0.1, 0.15) is 0 Å². The molecular formula is C10H6N2O2. The van der Waals surface area contributed by atoms with E-state index in [1.54, 1.807) is 18.2 Å². The quantitative estimate of drug-likeness (QED) is 0.462. The summed E-state index contributed by atoms with van der Waals surface area (Å²) in [6, 6.07) is 5.19. The van der Waals surface area contributed by atoms with E-state index < -0.39 is 0 Å². The third-order valence-corrected chi connectivity index (χ3v) is 1.79. The average molecular weight is 186 g/mol. The number of benzene rings is 1. The molecule has 2 N–H and O–H groups in total. The summed E-state index contributed by atoms with van der Waals surface area (Å²) in [5.41, 5.74) is 1.86. The molecule has 68 valence electrons. The molecule has 4 heteroatoms. The van der Waals surface area contributed by atoms with E-state index in [4.69, 9.17) is 0 Å². The fraction of sp³-hybridized carbons (Fsp3) is 0. The number of hydrogen-bond acceptors (Lipinski definition) is 2. The Morgan fingerprint density at radius 1 is 1.21 bits per heavy atom. The molecule has 1 aromatic carbocycles. The van der Waals surface area contributed by atoms with Gasteiger partial charge in [-0.15, -0.1) is 0 Å². The highest BCUT2D eigenvalue weighted by molar-refractivity contribution is 5.78. The molecule has 2 aromatic rings. The summed E-state index contributed by atoms with van der Waals surface area (Å²) in [5, 5.41) is 0. The van der Waals surface area contributed by atoms with Crippen LogP contribution in [0.4, 0.5) is 0 Å². The lowest BCUT2D eigenvalue weighted by Gasteiger charge is -1.89. The number of rotatable bonds is 0. The van der Waals surface area contributed by atoms with Gasteiger partial charge in [0.2, 0.25) is 0 Å². The van der Waals surface area contributed by atoms with Gasteiger partial charge in [0.25, 0.3) is 0 Å². The Kier molecular flexibility index (Phi) is 1.92. The highest BCUT2D eigenvalue weighted by Gasteiger charge is 1.97. The Morgan fingerprint density at radius 3 is 2.79 bits per heavy atom. The number of H-pyrrole nitrogens is 2.